The van der Waals surface area contributed by atoms with Crippen molar-refractivity contribution in [3.8, 4) is 0 Å². The van der Waals surface area contributed by atoms with E-state index in [2.05, 4.69) is 36.9 Å². The van der Waals surface area contributed by atoms with Gasteiger partial charge in [-0.25, -0.2) is 4.52 Å². The third kappa shape index (κ3) is 3.39. The van der Waals surface area contributed by atoms with Crippen LogP contribution in [0.15, 0.2) is 24.4 Å². The molecule has 1 aliphatic carbocycles. The Morgan fingerprint density at radius 3 is 2.82 bits per heavy atom. The van der Waals surface area contributed by atoms with Crippen LogP contribution in [0.3, 0.4) is 0 Å². The third-order valence-corrected chi connectivity index (χ3v) is 5.41. The first-order valence-corrected chi connectivity index (χ1v) is 9.85. The van der Waals surface area contributed by atoms with Crippen LogP contribution >= 0.6 is 0 Å². The first kappa shape index (κ1) is 17.0. The molecule has 3 aromatic rings. The summed E-state index contributed by atoms with van der Waals surface area (Å²) >= 11 is 0. The standard InChI is InChI=1S/C19H24N8O/c1-12(28)20-14-6-9-26(10-7-14)19-22-18(16-3-2-8-27(16)25-19)21-17-11-15(23-24-17)13-4-5-13/h2-3,8,11,13-14H,4-7,9-10H2,1H3,(H,20,28)(H2,21,22,23,24,25). The SMILES string of the molecule is CC(=O)NC1CCN(c2nc(Nc3cc(C4CC4)n[nH]3)c3cccn3n2)CC1. The summed E-state index contributed by atoms with van der Waals surface area (Å²) in [6.45, 7) is 3.19. The molecule has 0 bridgehead atoms. The van der Waals surface area contributed by atoms with Gasteiger partial charge in [-0.3, -0.25) is 9.89 Å². The number of anilines is 3. The average Bonchev–Trinajstić information content (AvgIpc) is 3.23. The molecular formula is C19H24N8O. The molecule has 1 saturated heterocycles. The van der Waals surface area contributed by atoms with E-state index in [1.165, 1.54) is 12.8 Å². The zero-order valence-corrected chi connectivity index (χ0v) is 15.9. The highest BCUT2D eigenvalue weighted by Gasteiger charge is 2.26. The Hall–Kier alpha value is -3.10. The number of hydrogen-bond donors (Lipinski definition) is 3. The molecule has 146 valence electrons. The maximum absolute atomic E-state index is 11.3. The number of nitrogens with one attached hydrogen (secondary N) is 3. The second-order valence-electron chi connectivity index (χ2n) is 7.67. The van der Waals surface area contributed by atoms with Gasteiger partial charge in [-0.2, -0.15) is 10.1 Å². The van der Waals surface area contributed by atoms with Crippen molar-refractivity contribution in [3.63, 3.8) is 0 Å². The number of fused-ring (bicyclic) bond motifs is 1. The zero-order valence-electron chi connectivity index (χ0n) is 15.9. The lowest BCUT2D eigenvalue weighted by molar-refractivity contribution is -0.119. The molecule has 28 heavy (non-hydrogen) atoms. The number of hydrogen-bond acceptors (Lipinski definition) is 6. The number of H-pyrrole nitrogens is 1. The number of aromatic nitrogens is 5. The molecule has 9 heteroatoms. The number of nitrogens with zero attached hydrogens (tertiary/aromatic N) is 5. The lowest BCUT2D eigenvalue weighted by Crippen LogP contribution is -2.44. The van der Waals surface area contributed by atoms with E-state index in [9.17, 15) is 4.79 Å². The van der Waals surface area contributed by atoms with Crippen LogP contribution in [0, 0.1) is 0 Å². The maximum Gasteiger partial charge on any atom is 0.245 e. The summed E-state index contributed by atoms with van der Waals surface area (Å²) in [4.78, 5) is 18.2. The van der Waals surface area contributed by atoms with Crippen LogP contribution in [0.2, 0.25) is 0 Å². The summed E-state index contributed by atoms with van der Waals surface area (Å²) < 4.78 is 1.85. The average molecular weight is 380 g/mol. The second-order valence-corrected chi connectivity index (χ2v) is 7.67. The van der Waals surface area contributed by atoms with E-state index in [-0.39, 0.29) is 11.9 Å². The normalized spacial score (nSPS) is 17.8. The number of piperidine rings is 1. The third-order valence-electron chi connectivity index (χ3n) is 5.41. The van der Waals surface area contributed by atoms with Gasteiger partial charge in [0.15, 0.2) is 5.82 Å². The molecule has 0 unspecified atom stereocenters. The number of rotatable bonds is 5. The maximum atomic E-state index is 11.3. The van der Waals surface area contributed by atoms with Crippen molar-refractivity contribution in [2.45, 2.75) is 44.6 Å². The Morgan fingerprint density at radius 2 is 2.07 bits per heavy atom. The van der Waals surface area contributed by atoms with E-state index in [4.69, 9.17) is 4.98 Å². The highest BCUT2D eigenvalue weighted by Crippen LogP contribution is 2.39. The van der Waals surface area contributed by atoms with Crippen molar-refractivity contribution >= 4 is 29.0 Å². The van der Waals surface area contributed by atoms with Crippen molar-refractivity contribution in [2.24, 2.45) is 0 Å². The van der Waals surface area contributed by atoms with Crippen LogP contribution in [0.25, 0.3) is 5.52 Å². The highest BCUT2D eigenvalue weighted by atomic mass is 16.1. The minimum absolute atomic E-state index is 0.0278. The van der Waals surface area contributed by atoms with Crippen LogP contribution in [0.1, 0.15) is 44.2 Å². The fourth-order valence-electron chi connectivity index (χ4n) is 3.78. The molecule has 5 rings (SSSR count). The van der Waals surface area contributed by atoms with Gasteiger partial charge in [-0.05, 0) is 37.8 Å². The molecular weight excluding hydrogens is 356 g/mol. The van der Waals surface area contributed by atoms with Crippen LogP contribution in [-0.2, 0) is 4.79 Å². The van der Waals surface area contributed by atoms with Crippen molar-refractivity contribution in [1.29, 1.82) is 0 Å². The molecule has 1 saturated carbocycles. The molecule has 1 amide bonds. The first-order chi connectivity index (χ1) is 13.7. The van der Waals surface area contributed by atoms with Gasteiger partial charge in [-0.15, -0.1) is 5.10 Å². The van der Waals surface area contributed by atoms with Crippen LogP contribution in [0.5, 0.6) is 0 Å². The van der Waals surface area contributed by atoms with E-state index >= 15 is 0 Å². The first-order valence-electron chi connectivity index (χ1n) is 9.85. The van der Waals surface area contributed by atoms with E-state index in [1.54, 1.807) is 6.92 Å². The van der Waals surface area contributed by atoms with Gasteiger partial charge in [0.25, 0.3) is 0 Å². The van der Waals surface area contributed by atoms with Crippen molar-refractivity contribution in [3.05, 3.63) is 30.1 Å². The van der Waals surface area contributed by atoms with Crippen LogP contribution in [0.4, 0.5) is 17.6 Å². The summed E-state index contributed by atoms with van der Waals surface area (Å²) in [5, 5.41) is 18.5. The largest absolute Gasteiger partial charge is 0.353 e. The second kappa shape index (κ2) is 6.81. The molecule has 4 heterocycles. The van der Waals surface area contributed by atoms with Gasteiger partial charge in [0, 0.05) is 44.2 Å². The Balaban J connectivity index is 1.37. The molecule has 0 atom stereocenters. The van der Waals surface area contributed by atoms with E-state index < -0.39 is 0 Å². The number of aromatic amines is 1. The quantitative estimate of drug-likeness (QED) is 0.627. The van der Waals surface area contributed by atoms with Crippen molar-refractivity contribution < 1.29 is 4.79 Å². The Morgan fingerprint density at radius 1 is 1.25 bits per heavy atom. The summed E-state index contributed by atoms with van der Waals surface area (Å²) in [6.07, 6.45) is 6.15. The predicted molar refractivity (Wildman–Crippen MR) is 106 cm³/mol. The molecule has 2 fully saturated rings. The molecule has 0 aromatic carbocycles. The van der Waals surface area contributed by atoms with Gasteiger partial charge in [0.1, 0.15) is 11.3 Å². The van der Waals surface area contributed by atoms with Crippen molar-refractivity contribution in [1.82, 2.24) is 30.1 Å². The lowest BCUT2D eigenvalue weighted by Gasteiger charge is -2.32. The minimum Gasteiger partial charge on any atom is -0.353 e. The number of carbonyl (C=O) groups is 1. The predicted octanol–water partition coefficient (Wildman–Crippen LogP) is 2.18. The van der Waals surface area contributed by atoms with Crippen molar-refractivity contribution in [2.75, 3.05) is 23.3 Å². The molecule has 3 N–H and O–H groups in total. The minimum atomic E-state index is 0.0278. The summed E-state index contributed by atoms with van der Waals surface area (Å²) in [5.41, 5.74) is 2.03. The highest BCUT2D eigenvalue weighted by molar-refractivity contribution is 5.74. The molecule has 0 spiro atoms. The Labute approximate surface area is 162 Å². The molecule has 3 aromatic heterocycles. The monoisotopic (exact) mass is 380 g/mol. The van der Waals surface area contributed by atoms with Gasteiger partial charge < -0.3 is 15.5 Å². The fraction of sp³-hybridized carbons (Fsp3) is 0.474. The summed E-state index contributed by atoms with van der Waals surface area (Å²) in [5.74, 6) is 2.92. The summed E-state index contributed by atoms with van der Waals surface area (Å²) in [7, 11) is 0. The van der Waals surface area contributed by atoms with E-state index in [0.29, 0.717) is 11.9 Å². The van der Waals surface area contributed by atoms with Gasteiger partial charge in [-0.1, -0.05) is 0 Å². The van der Waals surface area contributed by atoms with Gasteiger partial charge in [0.05, 0.1) is 5.69 Å². The lowest BCUT2D eigenvalue weighted by atomic mass is 10.1. The van der Waals surface area contributed by atoms with Crippen LogP contribution in [-0.4, -0.2) is 49.8 Å². The topological polar surface area (TPSA) is 103 Å². The Bertz CT molecular complexity index is 996. The van der Waals surface area contributed by atoms with E-state index in [0.717, 1.165) is 48.8 Å². The zero-order chi connectivity index (χ0) is 19.1. The smallest absolute Gasteiger partial charge is 0.245 e. The number of carbonyl (C=O) groups excluding carboxylic acids is 1. The van der Waals surface area contributed by atoms with E-state index in [1.807, 2.05) is 22.8 Å². The Kier molecular flexibility index (Phi) is 4.14. The fourth-order valence-corrected chi connectivity index (χ4v) is 3.78. The van der Waals surface area contributed by atoms with Gasteiger partial charge >= 0.3 is 0 Å². The number of amides is 1. The van der Waals surface area contributed by atoms with Crippen LogP contribution < -0.4 is 15.5 Å². The summed E-state index contributed by atoms with van der Waals surface area (Å²) in [6, 6.07) is 6.25. The molecule has 2 aliphatic rings. The molecule has 0 radical (unpaired) electrons. The molecule has 1 aliphatic heterocycles. The molecule has 9 nitrogen and oxygen atoms in total. The van der Waals surface area contributed by atoms with Gasteiger partial charge in [0.2, 0.25) is 11.9 Å².